The Labute approximate surface area is 199 Å². The number of carbonyl (C=O) groups is 2. The fourth-order valence-electron chi connectivity index (χ4n) is 4.66. The van der Waals surface area contributed by atoms with Gasteiger partial charge in [-0.2, -0.15) is 0 Å². The first kappa shape index (κ1) is 22.5. The maximum absolute atomic E-state index is 14.3. The van der Waals surface area contributed by atoms with Gasteiger partial charge in [0.1, 0.15) is 5.82 Å². The van der Waals surface area contributed by atoms with Gasteiger partial charge in [-0.1, -0.05) is 45.0 Å². The van der Waals surface area contributed by atoms with Gasteiger partial charge in [-0.15, -0.1) is 0 Å². The van der Waals surface area contributed by atoms with Gasteiger partial charge >= 0.3 is 0 Å². The summed E-state index contributed by atoms with van der Waals surface area (Å²) in [5.41, 5.74) is 3.85. The van der Waals surface area contributed by atoms with Crippen LogP contribution in [0.25, 0.3) is 22.0 Å². The Kier molecular flexibility index (Phi) is 5.62. The van der Waals surface area contributed by atoms with Crippen LogP contribution < -0.4 is 0 Å². The predicted molar refractivity (Wildman–Crippen MR) is 131 cm³/mol. The van der Waals surface area contributed by atoms with Crippen molar-refractivity contribution in [2.24, 2.45) is 5.92 Å². The minimum Gasteiger partial charge on any atom is -0.339 e. The third-order valence-corrected chi connectivity index (χ3v) is 6.91. The van der Waals surface area contributed by atoms with E-state index in [1.807, 2.05) is 17.0 Å². The van der Waals surface area contributed by atoms with Crippen molar-refractivity contribution in [3.05, 3.63) is 65.6 Å². The topological polar surface area (TPSA) is 53.5 Å². The van der Waals surface area contributed by atoms with E-state index in [-0.39, 0.29) is 29.0 Å². The van der Waals surface area contributed by atoms with Crippen LogP contribution in [-0.4, -0.2) is 52.8 Å². The molecule has 6 heteroatoms. The molecule has 1 saturated carbocycles. The first-order valence-electron chi connectivity index (χ1n) is 12.0. The van der Waals surface area contributed by atoms with E-state index in [4.69, 9.17) is 0 Å². The lowest BCUT2D eigenvalue weighted by molar-refractivity contribution is -0.134. The molecule has 0 radical (unpaired) electrons. The molecule has 1 aliphatic carbocycles. The molecule has 2 aromatic carbocycles. The lowest BCUT2D eigenvalue weighted by atomic mass is 9.85. The van der Waals surface area contributed by atoms with Crippen molar-refractivity contribution in [1.29, 1.82) is 0 Å². The Morgan fingerprint density at radius 3 is 2.21 bits per heavy atom. The molecule has 5 rings (SSSR count). The Morgan fingerprint density at radius 2 is 1.59 bits per heavy atom. The highest BCUT2D eigenvalue weighted by atomic mass is 19.1. The van der Waals surface area contributed by atoms with Crippen LogP contribution in [0.5, 0.6) is 0 Å². The Hall–Kier alpha value is -3.28. The number of amides is 2. The van der Waals surface area contributed by atoms with Crippen molar-refractivity contribution in [2.45, 2.75) is 39.0 Å². The summed E-state index contributed by atoms with van der Waals surface area (Å²) in [6.45, 7) is 8.53. The number of pyridine rings is 1. The molecule has 0 unspecified atom stereocenters. The normalized spacial score (nSPS) is 16.7. The number of hydrogen-bond acceptors (Lipinski definition) is 3. The minimum absolute atomic E-state index is 0.00117. The van der Waals surface area contributed by atoms with Gasteiger partial charge in [0.05, 0.1) is 11.1 Å². The summed E-state index contributed by atoms with van der Waals surface area (Å²) in [6, 6.07) is 12.6. The first-order chi connectivity index (χ1) is 16.2. The van der Waals surface area contributed by atoms with Crippen molar-refractivity contribution < 1.29 is 14.0 Å². The summed E-state index contributed by atoms with van der Waals surface area (Å²) >= 11 is 0. The first-order valence-corrected chi connectivity index (χ1v) is 12.0. The van der Waals surface area contributed by atoms with E-state index in [1.165, 1.54) is 17.7 Å². The average molecular weight is 460 g/mol. The van der Waals surface area contributed by atoms with Gasteiger partial charge in [-0.3, -0.25) is 14.6 Å². The molecule has 1 aliphatic heterocycles. The second-order valence-corrected chi connectivity index (χ2v) is 10.4. The lowest BCUT2D eigenvalue weighted by Crippen LogP contribution is -2.51. The predicted octanol–water partition coefficient (Wildman–Crippen LogP) is 5.03. The molecule has 0 N–H and O–H groups in total. The van der Waals surface area contributed by atoms with Crippen molar-refractivity contribution >= 4 is 22.7 Å². The number of aromatic nitrogens is 1. The molecule has 5 nitrogen and oxygen atoms in total. The van der Waals surface area contributed by atoms with E-state index < -0.39 is 0 Å². The van der Waals surface area contributed by atoms with E-state index in [0.29, 0.717) is 48.2 Å². The zero-order valence-corrected chi connectivity index (χ0v) is 20.0. The highest BCUT2D eigenvalue weighted by molar-refractivity contribution is 6.08. The molecule has 0 spiro atoms. The lowest BCUT2D eigenvalue weighted by Gasteiger charge is -2.35. The van der Waals surface area contributed by atoms with Crippen LogP contribution >= 0.6 is 0 Å². The van der Waals surface area contributed by atoms with Gasteiger partial charge in [0.25, 0.3) is 5.91 Å². The van der Waals surface area contributed by atoms with Crippen LogP contribution in [-0.2, 0) is 10.2 Å². The quantitative estimate of drug-likeness (QED) is 0.552. The average Bonchev–Trinajstić information content (AvgIpc) is 3.67. The molecule has 0 atom stereocenters. The third kappa shape index (κ3) is 4.29. The third-order valence-electron chi connectivity index (χ3n) is 6.91. The molecule has 2 aliphatic rings. The summed E-state index contributed by atoms with van der Waals surface area (Å²) in [7, 11) is 0. The number of nitrogens with zero attached hydrogens (tertiary/aromatic N) is 3. The smallest absolute Gasteiger partial charge is 0.256 e. The van der Waals surface area contributed by atoms with Crippen molar-refractivity contribution in [1.82, 2.24) is 14.8 Å². The number of halogens is 1. The Morgan fingerprint density at radius 1 is 0.941 bits per heavy atom. The Balaban J connectivity index is 1.51. The van der Waals surface area contributed by atoms with E-state index in [9.17, 15) is 14.0 Å². The maximum Gasteiger partial charge on any atom is 0.256 e. The Bertz CT molecular complexity index is 1250. The number of fused-ring (bicyclic) bond motifs is 1. The van der Waals surface area contributed by atoms with E-state index in [0.717, 1.165) is 18.4 Å². The van der Waals surface area contributed by atoms with Crippen LogP contribution in [0.3, 0.4) is 0 Å². The second-order valence-electron chi connectivity index (χ2n) is 10.4. The minimum atomic E-state index is -0.362. The number of rotatable bonds is 3. The van der Waals surface area contributed by atoms with Gasteiger partial charge in [-0.25, -0.2) is 4.39 Å². The van der Waals surface area contributed by atoms with E-state index in [1.54, 1.807) is 17.2 Å². The number of benzene rings is 2. The SMILES string of the molecule is CC(C)(C)c1ccc(-c2c(C(=O)N3CCN(C(=O)C4CC4)CC3)cnc3ccc(F)cc23)cc1. The largest absolute Gasteiger partial charge is 0.339 e. The van der Waals surface area contributed by atoms with Crippen LogP contribution in [0.4, 0.5) is 4.39 Å². The van der Waals surface area contributed by atoms with Gasteiger partial charge < -0.3 is 9.80 Å². The van der Waals surface area contributed by atoms with Crippen molar-refractivity contribution in [3.63, 3.8) is 0 Å². The number of hydrogen-bond donors (Lipinski definition) is 0. The fraction of sp³-hybridized carbons (Fsp3) is 0.393. The maximum atomic E-state index is 14.3. The molecular weight excluding hydrogens is 429 g/mol. The monoisotopic (exact) mass is 459 g/mol. The second kappa shape index (κ2) is 8.49. The summed E-state index contributed by atoms with van der Waals surface area (Å²) in [5.74, 6) is -0.0928. The zero-order chi connectivity index (χ0) is 24.0. The fourth-order valence-corrected chi connectivity index (χ4v) is 4.66. The van der Waals surface area contributed by atoms with Gasteiger partial charge in [0, 0.05) is 49.2 Å². The van der Waals surface area contributed by atoms with Crippen LogP contribution in [0, 0.1) is 11.7 Å². The molecule has 0 bridgehead atoms. The zero-order valence-electron chi connectivity index (χ0n) is 20.0. The molecule has 1 aromatic heterocycles. The number of carbonyl (C=O) groups excluding carboxylic acids is 2. The molecule has 176 valence electrons. The highest BCUT2D eigenvalue weighted by Gasteiger charge is 2.35. The summed E-state index contributed by atoms with van der Waals surface area (Å²) in [6.07, 6.45) is 3.57. The molecular formula is C28H30FN3O2. The molecule has 2 heterocycles. The molecule has 1 saturated heterocycles. The van der Waals surface area contributed by atoms with Gasteiger partial charge in [0.2, 0.25) is 5.91 Å². The van der Waals surface area contributed by atoms with Crippen LogP contribution in [0.1, 0.15) is 49.5 Å². The summed E-state index contributed by atoms with van der Waals surface area (Å²) < 4.78 is 14.3. The van der Waals surface area contributed by atoms with Crippen LogP contribution in [0.15, 0.2) is 48.7 Å². The van der Waals surface area contributed by atoms with Crippen LogP contribution in [0.2, 0.25) is 0 Å². The molecule has 3 aromatic rings. The standard InChI is InChI=1S/C28H30FN3O2/c1-28(2,3)20-8-6-18(7-9-20)25-22-16-21(29)10-11-24(22)30-17-23(25)27(34)32-14-12-31(13-15-32)26(33)19-4-5-19/h6-11,16-17,19H,4-5,12-15H2,1-3H3. The van der Waals surface area contributed by atoms with Gasteiger partial charge in [0.15, 0.2) is 0 Å². The number of piperazine rings is 1. The van der Waals surface area contributed by atoms with Crippen molar-refractivity contribution in [3.8, 4) is 11.1 Å². The van der Waals surface area contributed by atoms with Crippen molar-refractivity contribution in [2.75, 3.05) is 26.2 Å². The molecule has 2 amide bonds. The van der Waals surface area contributed by atoms with Gasteiger partial charge in [-0.05, 0) is 47.6 Å². The molecule has 2 fully saturated rings. The summed E-state index contributed by atoms with van der Waals surface area (Å²) in [4.78, 5) is 34.2. The van der Waals surface area contributed by atoms with E-state index in [2.05, 4.69) is 37.9 Å². The highest BCUT2D eigenvalue weighted by Crippen LogP contribution is 2.35. The van der Waals surface area contributed by atoms with E-state index >= 15 is 0 Å². The molecule has 34 heavy (non-hydrogen) atoms. The summed E-state index contributed by atoms with van der Waals surface area (Å²) in [5, 5.41) is 0.622.